The minimum atomic E-state index is -0.910. The van der Waals surface area contributed by atoms with Gasteiger partial charge in [0.1, 0.15) is 5.69 Å². The van der Waals surface area contributed by atoms with Gasteiger partial charge in [0.15, 0.2) is 0 Å². The molecule has 1 aromatic heterocycles. The molecule has 3 nitrogen and oxygen atoms in total. The van der Waals surface area contributed by atoms with Gasteiger partial charge in [-0.05, 0) is 31.2 Å². The lowest BCUT2D eigenvalue weighted by molar-refractivity contribution is 0.0688. The fourth-order valence-electron chi connectivity index (χ4n) is 1.63. The van der Waals surface area contributed by atoms with Crippen LogP contribution in [0.1, 0.15) is 16.2 Å². The van der Waals surface area contributed by atoms with Gasteiger partial charge in [-0.15, -0.1) is 0 Å². The van der Waals surface area contributed by atoms with Crippen LogP contribution in [-0.4, -0.2) is 15.6 Å². The highest BCUT2D eigenvalue weighted by molar-refractivity contribution is 5.87. The Morgan fingerprint density at radius 3 is 2.40 bits per heavy atom. The fraction of sp³-hybridized carbons (Fsp3) is 0.0833. The maximum absolute atomic E-state index is 11.0. The summed E-state index contributed by atoms with van der Waals surface area (Å²) in [5, 5.41) is 9.02. The zero-order valence-corrected chi connectivity index (χ0v) is 8.34. The minimum Gasteiger partial charge on any atom is -0.477 e. The first kappa shape index (κ1) is 9.52. The fourth-order valence-corrected chi connectivity index (χ4v) is 1.63. The monoisotopic (exact) mass is 201 g/mol. The van der Waals surface area contributed by atoms with Crippen LogP contribution < -0.4 is 0 Å². The van der Waals surface area contributed by atoms with Crippen molar-refractivity contribution in [1.29, 1.82) is 0 Å². The molecule has 0 aliphatic carbocycles. The van der Waals surface area contributed by atoms with Crippen molar-refractivity contribution in [2.24, 2.45) is 0 Å². The summed E-state index contributed by atoms with van der Waals surface area (Å²) in [5.41, 5.74) is 2.08. The summed E-state index contributed by atoms with van der Waals surface area (Å²) < 4.78 is 1.72. The summed E-state index contributed by atoms with van der Waals surface area (Å²) in [5.74, 6) is -0.910. The summed E-state index contributed by atoms with van der Waals surface area (Å²) in [6.07, 6.45) is 0. The predicted molar refractivity (Wildman–Crippen MR) is 57.5 cm³/mol. The standard InChI is InChI=1S/C12H11NO2/c1-9-7-8-11(12(14)15)13(9)10-5-3-2-4-6-10/h2-8H,1H3,(H,14,15). The maximum Gasteiger partial charge on any atom is 0.352 e. The third kappa shape index (κ3) is 1.64. The molecule has 0 unspecified atom stereocenters. The highest BCUT2D eigenvalue weighted by Crippen LogP contribution is 2.16. The van der Waals surface area contributed by atoms with Crippen LogP contribution in [0.15, 0.2) is 42.5 Å². The van der Waals surface area contributed by atoms with Crippen LogP contribution in [0.25, 0.3) is 5.69 Å². The number of aromatic nitrogens is 1. The topological polar surface area (TPSA) is 42.2 Å². The third-order valence-electron chi connectivity index (χ3n) is 2.31. The third-order valence-corrected chi connectivity index (χ3v) is 2.31. The molecule has 0 amide bonds. The van der Waals surface area contributed by atoms with E-state index >= 15 is 0 Å². The van der Waals surface area contributed by atoms with E-state index in [0.29, 0.717) is 5.69 Å². The molecular formula is C12H11NO2. The number of carboxylic acid groups (broad SMARTS) is 1. The van der Waals surface area contributed by atoms with Gasteiger partial charge in [-0.1, -0.05) is 18.2 Å². The van der Waals surface area contributed by atoms with Crippen LogP contribution in [0.5, 0.6) is 0 Å². The molecule has 1 heterocycles. The maximum atomic E-state index is 11.0. The van der Waals surface area contributed by atoms with Crippen molar-refractivity contribution in [2.75, 3.05) is 0 Å². The van der Waals surface area contributed by atoms with Gasteiger partial charge in [0.05, 0.1) is 0 Å². The molecule has 0 spiro atoms. The van der Waals surface area contributed by atoms with E-state index in [2.05, 4.69) is 0 Å². The van der Waals surface area contributed by atoms with Crippen molar-refractivity contribution in [1.82, 2.24) is 4.57 Å². The molecule has 3 heteroatoms. The Morgan fingerprint density at radius 1 is 1.13 bits per heavy atom. The van der Waals surface area contributed by atoms with Crippen molar-refractivity contribution in [3.05, 3.63) is 53.9 Å². The van der Waals surface area contributed by atoms with Crippen LogP contribution in [0, 0.1) is 6.92 Å². The van der Waals surface area contributed by atoms with Crippen molar-refractivity contribution >= 4 is 5.97 Å². The number of aromatic carboxylic acids is 1. The summed E-state index contributed by atoms with van der Waals surface area (Å²) in [4.78, 5) is 11.0. The van der Waals surface area contributed by atoms with Gasteiger partial charge in [0, 0.05) is 11.4 Å². The summed E-state index contributed by atoms with van der Waals surface area (Å²) in [6.45, 7) is 1.89. The number of rotatable bonds is 2. The summed E-state index contributed by atoms with van der Waals surface area (Å²) >= 11 is 0. The van der Waals surface area contributed by atoms with Crippen molar-refractivity contribution in [2.45, 2.75) is 6.92 Å². The van der Waals surface area contributed by atoms with E-state index in [1.807, 2.05) is 37.3 Å². The molecule has 76 valence electrons. The van der Waals surface area contributed by atoms with Crippen LogP contribution in [0.2, 0.25) is 0 Å². The van der Waals surface area contributed by atoms with Gasteiger partial charge in [-0.3, -0.25) is 0 Å². The average molecular weight is 201 g/mol. The van der Waals surface area contributed by atoms with E-state index in [-0.39, 0.29) is 0 Å². The van der Waals surface area contributed by atoms with Crippen LogP contribution in [-0.2, 0) is 0 Å². The Bertz CT molecular complexity index is 486. The van der Waals surface area contributed by atoms with E-state index in [9.17, 15) is 4.79 Å². The zero-order valence-electron chi connectivity index (χ0n) is 8.34. The lowest BCUT2D eigenvalue weighted by Crippen LogP contribution is -2.07. The molecule has 0 aliphatic heterocycles. The number of aryl methyl sites for hydroxylation is 1. The lowest BCUT2D eigenvalue weighted by atomic mass is 10.3. The van der Waals surface area contributed by atoms with Gasteiger partial charge in [-0.2, -0.15) is 0 Å². The molecule has 0 fully saturated rings. The molecule has 0 atom stereocenters. The molecule has 0 radical (unpaired) electrons. The Labute approximate surface area is 87.6 Å². The highest BCUT2D eigenvalue weighted by atomic mass is 16.4. The normalized spacial score (nSPS) is 10.2. The van der Waals surface area contributed by atoms with E-state index in [0.717, 1.165) is 11.4 Å². The second-order valence-corrected chi connectivity index (χ2v) is 3.34. The summed E-state index contributed by atoms with van der Waals surface area (Å²) in [7, 11) is 0. The first-order chi connectivity index (χ1) is 7.20. The molecule has 2 aromatic rings. The van der Waals surface area contributed by atoms with Crippen LogP contribution in [0.3, 0.4) is 0 Å². The molecule has 15 heavy (non-hydrogen) atoms. The number of hydrogen-bond donors (Lipinski definition) is 1. The smallest absolute Gasteiger partial charge is 0.352 e. The van der Waals surface area contributed by atoms with Crippen molar-refractivity contribution in [3.8, 4) is 5.69 Å². The number of nitrogens with zero attached hydrogens (tertiary/aromatic N) is 1. The number of hydrogen-bond acceptors (Lipinski definition) is 1. The van der Waals surface area contributed by atoms with Gasteiger partial charge in [0.25, 0.3) is 0 Å². The van der Waals surface area contributed by atoms with E-state index in [1.54, 1.807) is 16.7 Å². The highest BCUT2D eigenvalue weighted by Gasteiger charge is 2.12. The molecule has 0 saturated heterocycles. The van der Waals surface area contributed by atoms with Crippen LogP contribution >= 0.6 is 0 Å². The van der Waals surface area contributed by atoms with Crippen molar-refractivity contribution < 1.29 is 9.90 Å². The van der Waals surface area contributed by atoms with Gasteiger partial charge in [0.2, 0.25) is 0 Å². The molecular weight excluding hydrogens is 190 g/mol. The van der Waals surface area contributed by atoms with Crippen molar-refractivity contribution in [3.63, 3.8) is 0 Å². The number of carbonyl (C=O) groups is 1. The largest absolute Gasteiger partial charge is 0.477 e. The van der Waals surface area contributed by atoms with E-state index in [1.165, 1.54) is 0 Å². The first-order valence-corrected chi connectivity index (χ1v) is 4.67. The second kappa shape index (κ2) is 3.61. The van der Waals surface area contributed by atoms with Gasteiger partial charge < -0.3 is 9.67 Å². The molecule has 0 aliphatic rings. The van der Waals surface area contributed by atoms with Crippen LogP contribution in [0.4, 0.5) is 0 Å². The lowest BCUT2D eigenvalue weighted by Gasteiger charge is -2.08. The van der Waals surface area contributed by atoms with E-state index in [4.69, 9.17) is 5.11 Å². The molecule has 2 rings (SSSR count). The first-order valence-electron chi connectivity index (χ1n) is 4.67. The van der Waals surface area contributed by atoms with E-state index < -0.39 is 5.97 Å². The number of carboxylic acids is 1. The van der Waals surface area contributed by atoms with Gasteiger partial charge >= 0.3 is 5.97 Å². The Morgan fingerprint density at radius 2 is 1.80 bits per heavy atom. The molecule has 1 aromatic carbocycles. The Balaban J connectivity index is 2.62. The minimum absolute atomic E-state index is 0.290. The number of para-hydroxylation sites is 1. The SMILES string of the molecule is Cc1ccc(C(=O)O)n1-c1ccccc1. The molecule has 0 bridgehead atoms. The summed E-state index contributed by atoms with van der Waals surface area (Å²) in [6, 6.07) is 12.9. The average Bonchev–Trinajstić information content (AvgIpc) is 2.61. The Hall–Kier alpha value is -2.03. The van der Waals surface area contributed by atoms with Gasteiger partial charge in [-0.25, -0.2) is 4.79 Å². The molecule has 1 N–H and O–H groups in total. The number of benzene rings is 1. The Kier molecular flexibility index (Phi) is 2.29. The molecule has 0 saturated carbocycles. The quantitative estimate of drug-likeness (QED) is 0.811. The second-order valence-electron chi connectivity index (χ2n) is 3.34. The zero-order chi connectivity index (χ0) is 10.8. The predicted octanol–water partition coefficient (Wildman–Crippen LogP) is 2.48.